The van der Waals surface area contributed by atoms with E-state index in [-0.39, 0.29) is 12.5 Å². The van der Waals surface area contributed by atoms with Gasteiger partial charge in [-0.1, -0.05) is 13.8 Å². The Morgan fingerprint density at radius 2 is 2.31 bits per heavy atom. The average Bonchev–Trinajstić information content (AvgIpc) is 2.64. The molecule has 4 heteroatoms. The van der Waals surface area contributed by atoms with E-state index in [1.807, 2.05) is 13.8 Å². The molecule has 1 heterocycles. The highest BCUT2D eigenvalue weighted by Crippen LogP contribution is 2.15. The summed E-state index contributed by atoms with van der Waals surface area (Å²) < 4.78 is 4.81. The molecule has 0 aromatic carbocycles. The Balaban J connectivity index is 2.42. The quantitative estimate of drug-likeness (QED) is 0.803. The topological polar surface area (TPSA) is 62.5 Å². The molecule has 1 unspecified atom stereocenters. The van der Waals surface area contributed by atoms with E-state index in [1.165, 1.54) is 12.5 Å². The molecule has 2 N–H and O–H groups in total. The van der Waals surface area contributed by atoms with Crippen molar-refractivity contribution in [3.05, 3.63) is 24.2 Å². The van der Waals surface area contributed by atoms with E-state index in [1.54, 1.807) is 13.0 Å². The van der Waals surface area contributed by atoms with Crippen molar-refractivity contribution in [1.29, 1.82) is 0 Å². The Morgan fingerprint density at radius 1 is 1.62 bits per heavy atom. The van der Waals surface area contributed by atoms with E-state index >= 15 is 0 Å². The lowest BCUT2D eigenvalue weighted by molar-refractivity contribution is 0.0368. The van der Waals surface area contributed by atoms with Crippen molar-refractivity contribution in [2.24, 2.45) is 5.92 Å². The molecule has 1 rings (SSSR count). The molecule has 0 fully saturated rings. The van der Waals surface area contributed by atoms with Crippen LogP contribution in [0.15, 0.2) is 23.0 Å². The van der Waals surface area contributed by atoms with Gasteiger partial charge in [0, 0.05) is 6.54 Å². The molecule has 0 spiro atoms. The Kier molecular flexibility index (Phi) is 4.12. The van der Waals surface area contributed by atoms with Gasteiger partial charge in [0.15, 0.2) is 0 Å². The highest BCUT2D eigenvalue weighted by Gasteiger charge is 2.22. The predicted molar refractivity (Wildman–Crippen MR) is 61.1 cm³/mol. The molecular formula is C12H19NO3. The van der Waals surface area contributed by atoms with Crippen LogP contribution in [0.5, 0.6) is 0 Å². The Labute approximate surface area is 95.7 Å². The minimum absolute atomic E-state index is 0.224. The summed E-state index contributed by atoms with van der Waals surface area (Å²) in [5.41, 5.74) is -0.395. The zero-order chi connectivity index (χ0) is 12.2. The van der Waals surface area contributed by atoms with Crippen molar-refractivity contribution in [3.8, 4) is 0 Å². The van der Waals surface area contributed by atoms with Crippen LogP contribution in [0.1, 0.15) is 37.6 Å². The zero-order valence-electron chi connectivity index (χ0n) is 9.99. The van der Waals surface area contributed by atoms with E-state index in [9.17, 15) is 9.90 Å². The third-order valence-corrected chi connectivity index (χ3v) is 2.26. The van der Waals surface area contributed by atoms with Gasteiger partial charge in [-0.05, 0) is 25.3 Å². The number of furan rings is 1. The van der Waals surface area contributed by atoms with Crippen molar-refractivity contribution in [2.45, 2.75) is 32.8 Å². The molecule has 0 aliphatic rings. The molecule has 16 heavy (non-hydrogen) atoms. The number of rotatable bonds is 5. The second-order valence-electron chi connectivity index (χ2n) is 4.79. The fourth-order valence-electron chi connectivity index (χ4n) is 1.72. The number of hydrogen-bond acceptors (Lipinski definition) is 3. The summed E-state index contributed by atoms with van der Waals surface area (Å²) in [7, 11) is 0. The maximum Gasteiger partial charge on any atom is 0.254 e. The third-order valence-electron chi connectivity index (χ3n) is 2.26. The number of hydrogen-bond donors (Lipinski definition) is 2. The second-order valence-corrected chi connectivity index (χ2v) is 4.79. The molecule has 0 radical (unpaired) electrons. The van der Waals surface area contributed by atoms with Gasteiger partial charge in [0.05, 0.1) is 17.4 Å². The molecule has 4 nitrogen and oxygen atoms in total. The second kappa shape index (κ2) is 5.16. The zero-order valence-corrected chi connectivity index (χ0v) is 9.99. The van der Waals surface area contributed by atoms with Crippen LogP contribution in [0.25, 0.3) is 0 Å². The molecule has 0 aliphatic carbocycles. The number of amides is 1. The van der Waals surface area contributed by atoms with Gasteiger partial charge in [-0.2, -0.15) is 0 Å². The van der Waals surface area contributed by atoms with Crippen LogP contribution in [-0.4, -0.2) is 23.2 Å². The van der Waals surface area contributed by atoms with Gasteiger partial charge in [-0.15, -0.1) is 0 Å². The summed E-state index contributed by atoms with van der Waals surface area (Å²) in [5.74, 6) is 0.165. The average molecular weight is 225 g/mol. The van der Waals surface area contributed by atoms with Gasteiger partial charge in [-0.3, -0.25) is 4.79 Å². The summed E-state index contributed by atoms with van der Waals surface area (Å²) in [6, 6.07) is 1.59. The van der Waals surface area contributed by atoms with Crippen molar-refractivity contribution in [1.82, 2.24) is 5.32 Å². The first-order chi connectivity index (χ1) is 7.41. The fraction of sp³-hybridized carbons (Fsp3) is 0.583. The number of carbonyl (C=O) groups excluding carboxylic acids is 1. The molecule has 1 aromatic rings. The van der Waals surface area contributed by atoms with Crippen molar-refractivity contribution in [3.63, 3.8) is 0 Å². The SMILES string of the molecule is CC(C)CC(C)(O)CNC(=O)c1ccoc1. The van der Waals surface area contributed by atoms with Gasteiger partial charge in [0.25, 0.3) is 5.91 Å². The molecule has 0 saturated heterocycles. The van der Waals surface area contributed by atoms with E-state index in [0.29, 0.717) is 17.9 Å². The minimum atomic E-state index is -0.867. The first-order valence-corrected chi connectivity index (χ1v) is 5.43. The first-order valence-electron chi connectivity index (χ1n) is 5.43. The van der Waals surface area contributed by atoms with Crippen LogP contribution in [-0.2, 0) is 0 Å². The summed E-state index contributed by atoms with van der Waals surface area (Å²) in [5, 5.41) is 12.7. The normalized spacial score (nSPS) is 14.8. The summed E-state index contributed by atoms with van der Waals surface area (Å²) in [4.78, 5) is 11.6. The van der Waals surface area contributed by atoms with Crippen molar-refractivity contribution >= 4 is 5.91 Å². The Bertz CT molecular complexity index is 328. The molecule has 1 amide bonds. The van der Waals surface area contributed by atoms with E-state index < -0.39 is 5.60 Å². The lowest BCUT2D eigenvalue weighted by Gasteiger charge is -2.25. The van der Waals surface area contributed by atoms with E-state index in [4.69, 9.17) is 4.42 Å². The van der Waals surface area contributed by atoms with Crippen molar-refractivity contribution < 1.29 is 14.3 Å². The van der Waals surface area contributed by atoms with Crippen LogP contribution in [0.2, 0.25) is 0 Å². The van der Waals surface area contributed by atoms with Crippen LogP contribution < -0.4 is 5.32 Å². The van der Waals surface area contributed by atoms with Crippen LogP contribution >= 0.6 is 0 Å². The molecule has 0 saturated carbocycles. The highest BCUT2D eigenvalue weighted by molar-refractivity contribution is 5.93. The van der Waals surface area contributed by atoms with E-state index in [2.05, 4.69) is 5.32 Å². The third kappa shape index (κ3) is 4.06. The summed E-state index contributed by atoms with van der Waals surface area (Å²) in [6.45, 7) is 6.04. The molecule has 90 valence electrons. The molecule has 1 aromatic heterocycles. The van der Waals surface area contributed by atoms with Gasteiger partial charge in [-0.25, -0.2) is 0 Å². The standard InChI is InChI=1S/C12H19NO3/c1-9(2)6-12(3,15)8-13-11(14)10-4-5-16-7-10/h4-5,7,9,15H,6,8H2,1-3H3,(H,13,14). The predicted octanol–water partition coefficient (Wildman–Crippen LogP) is 1.81. The fourth-order valence-corrected chi connectivity index (χ4v) is 1.72. The Morgan fingerprint density at radius 3 is 2.81 bits per heavy atom. The minimum Gasteiger partial charge on any atom is -0.472 e. The smallest absolute Gasteiger partial charge is 0.254 e. The number of aliphatic hydroxyl groups is 1. The maximum absolute atomic E-state index is 11.6. The molecule has 0 bridgehead atoms. The number of carbonyl (C=O) groups is 1. The molecule has 1 atom stereocenters. The Hall–Kier alpha value is -1.29. The van der Waals surface area contributed by atoms with Crippen LogP contribution in [0.4, 0.5) is 0 Å². The first kappa shape index (κ1) is 12.8. The van der Waals surface area contributed by atoms with E-state index in [0.717, 1.165) is 0 Å². The van der Waals surface area contributed by atoms with Gasteiger partial charge < -0.3 is 14.8 Å². The van der Waals surface area contributed by atoms with Gasteiger partial charge in [0.1, 0.15) is 6.26 Å². The van der Waals surface area contributed by atoms with Gasteiger partial charge in [0.2, 0.25) is 0 Å². The maximum atomic E-state index is 11.6. The summed E-state index contributed by atoms with van der Waals surface area (Å²) in [6.07, 6.45) is 3.48. The summed E-state index contributed by atoms with van der Waals surface area (Å²) >= 11 is 0. The van der Waals surface area contributed by atoms with Crippen molar-refractivity contribution in [2.75, 3.05) is 6.54 Å². The lowest BCUT2D eigenvalue weighted by Crippen LogP contribution is -2.41. The largest absolute Gasteiger partial charge is 0.472 e. The molecular weight excluding hydrogens is 206 g/mol. The number of nitrogens with one attached hydrogen (secondary N) is 1. The highest BCUT2D eigenvalue weighted by atomic mass is 16.3. The molecule has 0 aliphatic heterocycles. The van der Waals surface area contributed by atoms with Gasteiger partial charge >= 0.3 is 0 Å². The van der Waals surface area contributed by atoms with Crippen LogP contribution in [0.3, 0.4) is 0 Å². The van der Waals surface area contributed by atoms with Crippen LogP contribution in [0, 0.1) is 5.92 Å². The lowest BCUT2D eigenvalue weighted by atomic mass is 9.94. The monoisotopic (exact) mass is 225 g/mol.